The minimum Gasteiger partial charge on any atom is -0.510 e. The molecule has 4 aliphatic heterocycles. The Kier molecular flexibility index (Phi) is 31.1. The second-order valence-electron chi connectivity index (χ2n) is 25.3. The Balaban J connectivity index is 1.28. The molecule has 0 aromatic rings. The van der Waals surface area contributed by atoms with Crippen molar-refractivity contribution in [3.63, 3.8) is 0 Å². The molecule has 4 amide bonds. The number of rotatable bonds is 34. The van der Waals surface area contributed by atoms with Gasteiger partial charge < -0.3 is 120 Å². The SMILES string of the molecule is C=C(C/C=C(\C)CCC=C(C)C)CCC(C)(C)/C=C/CC/C(C)=C/CO[C@H](COP(=O)(O)O[C@H]1O[C@H](C(=O)O)[C@H](O)[C@H](OC(N)=O)[C@H]1O[C@@H]1O[C@H](CO)[C@@H](O[C@@H]2O[C@H](C)[C@@H](O[C@@H]3O[C@H](C(=O)NC4=C(O)CCC4=O)[C@H](O)[C@H](O)[C@H]3O)[C@H](O)[C@H]2NC(C)=O)[C@H](O)[C@H]1NC(C)=O)C(=O)O. The molecule has 97 heavy (non-hydrogen) atoms. The molecule has 0 aromatic heterocycles. The molecule has 1 unspecified atom stereocenters. The maximum Gasteiger partial charge on any atom is 0.474 e. The number of phosphoric ester groups is 1. The lowest BCUT2D eigenvalue weighted by atomic mass is 9.85. The highest BCUT2D eigenvalue weighted by Crippen LogP contribution is 2.48. The van der Waals surface area contributed by atoms with Gasteiger partial charge in [-0.3, -0.25) is 28.2 Å². The molecule has 0 spiro atoms. The number of carbonyl (C=O) groups excluding carboxylic acids is 5. The molecule has 5 rings (SSSR count). The van der Waals surface area contributed by atoms with Gasteiger partial charge in [-0.1, -0.05) is 73.1 Å². The average molecular weight is 1410 g/mol. The van der Waals surface area contributed by atoms with Crippen LogP contribution in [-0.2, 0) is 85.0 Å². The van der Waals surface area contributed by atoms with Gasteiger partial charge in [-0.15, -0.1) is 0 Å². The molecule has 0 aromatic carbocycles. The van der Waals surface area contributed by atoms with E-state index in [1.807, 2.05) is 6.08 Å². The molecule has 34 nitrogen and oxygen atoms in total. The van der Waals surface area contributed by atoms with Crippen molar-refractivity contribution in [1.82, 2.24) is 16.0 Å². The fourth-order valence-electron chi connectivity index (χ4n) is 10.9. The summed E-state index contributed by atoms with van der Waals surface area (Å²) >= 11 is 0. The lowest BCUT2D eigenvalue weighted by molar-refractivity contribution is -0.365. The molecule has 35 heteroatoms. The number of nitrogens with one attached hydrogen (secondary N) is 3. The summed E-state index contributed by atoms with van der Waals surface area (Å²) in [6, 6.07) is -3.74. The number of amides is 4. The van der Waals surface area contributed by atoms with E-state index in [1.165, 1.54) is 18.1 Å². The summed E-state index contributed by atoms with van der Waals surface area (Å²) in [6.07, 6.45) is -26.3. The minimum absolute atomic E-state index is 0.0984. The molecule has 1 aliphatic carbocycles. The molecule has 22 atom stereocenters. The normalized spacial score (nSPS) is 33.0. The first-order chi connectivity index (χ1) is 45.3. The Labute approximate surface area is 559 Å². The fraction of sp³-hybridized carbons (Fsp3) is 0.694. The maximum atomic E-state index is 13.8. The standard InChI is InChI=1S/C62H95N4O30P/c1-28(2)14-13-16-29(3)17-18-31(5)21-24-62(9,10)23-12-11-15-30(4)22-25-86-38(55(79)80)27-87-97(84,85)96-60-53(50(95-61(63)83)47(77)52(93-60)56(81)82)94-58-41(65-34(8)69)43(73)49(37(26-67)89-58)91-57-40(64-33(7)68)42(72)48(32(6)88-57)90-59-46(76)44(74)45(75)51(92-59)54(78)66-39-35(70)19-20-36(39)71/h12,14,17,22-23,32,37-38,40-53,57-60,67,70,72-77H,5,11,13,15-16,18-21,24-27H2,1-4,6-10H3,(H2,63,83)(H,64,68)(H,65,69)(H,66,78)(H,79,80)(H,81,82)(H,84,85)/b23-12+,29-17+,30-22+/t32-,37-,38-,40-,41-,42-,43-,44+,45-,46-,47-,48-,49-,50+,51+,52+,53-,57+,58+,59-,60-/m1/s1. The first kappa shape index (κ1) is 81.7. The molecule has 4 fully saturated rings. The van der Waals surface area contributed by atoms with Crippen molar-refractivity contribution in [2.75, 3.05) is 19.8 Å². The number of hydrogen-bond acceptors (Lipinski definition) is 27. The monoisotopic (exact) mass is 1410 g/mol. The fourth-order valence-corrected chi connectivity index (χ4v) is 11.7. The van der Waals surface area contributed by atoms with E-state index in [4.69, 9.17) is 57.4 Å². The molecule has 0 bridgehead atoms. The number of allylic oxidation sites excluding steroid dienone is 10. The second kappa shape index (κ2) is 36.9. The number of carboxylic acids is 2. The summed E-state index contributed by atoms with van der Waals surface area (Å²) in [7, 11) is -5.75. The minimum atomic E-state index is -5.75. The molecular weight excluding hydrogens is 1310 g/mol. The lowest BCUT2D eigenvalue weighted by Crippen LogP contribution is -2.71. The number of ketones is 1. The van der Waals surface area contributed by atoms with Gasteiger partial charge in [0.05, 0.1) is 25.9 Å². The van der Waals surface area contributed by atoms with Crippen LogP contribution in [0.4, 0.5) is 4.79 Å². The van der Waals surface area contributed by atoms with Crippen molar-refractivity contribution in [2.45, 2.75) is 249 Å². The van der Waals surface area contributed by atoms with E-state index in [9.17, 15) is 94.1 Å². The Bertz CT molecular complexity index is 2970. The summed E-state index contributed by atoms with van der Waals surface area (Å²) in [5, 5.41) is 115. The van der Waals surface area contributed by atoms with Crippen molar-refractivity contribution in [3.05, 3.63) is 70.7 Å². The van der Waals surface area contributed by atoms with E-state index >= 15 is 0 Å². The van der Waals surface area contributed by atoms with E-state index in [0.29, 0.717) is 12.8 Å². The van der Waals surface area contributed by atoms with Crippen molar-refractivity contribution < 1.29 is 146 Å². The summed E-state index contributed by atoms with van der Waals surface area (Å²) in [4.78, 5) is 99.3. The Morgan fingerprint density at radius 3 is 1.89 bits per heavy atom. The number of primary amides is 1. The third-order valence-electron chi connectivity index (χ3n) is 16.4. The van der Waals surface area contributed by atoms with Gasteiger partial charge in [-0.2, -0.15) is 0 Å². The molecule has 16 N–H and O–H groups in total. The van der Waals surface area contributed by atoms with Crippen LogP contribution in [0.15, 0.2) is 70.7 Å². The van der Waals surface area contributed by atoms with Gasteiger partial charge in [0.15, 0.2) is 61.5 Å². The van der Waals surface area contributed by atoms with E-state index < -0.39 is 203 Å². The summed E-state index contributed by atoms with van der Waals surface area (Å²) in [6.45, 7) is 17.1. The van der Waals surface area contributed by atoms with E-state index in [1.54, 1.807) is 13.0 Å². The van der Waals surface area contributed by atoms with Crippen molar-refractivity contribution in [2.24, 2.45) is 11.1 Å². The number of hydrogen-bond donors (Lipinski definition) is 15. The number of carboxylic acid groups (broad SMARTS) is 2. The van der Waals surface area contributed by atoms with Gasteiger partial charge in [0.2, 0.25) is 11.8 Å². The van der Waals surface area contributed by atoms with Gasteiger partial charge in [0.25, 0.3) is 5.91 Å². The van der Waals surface area contributed by atoms with Crippen molar-refractivity contribution in [1.29, 1.82) is 0 Å². The van der Waals surface area contributed by atoms with Crippen LogP contribution >= 0.6 is 7.82 Å². The van der Waals surface area contributed by atoms with Crippen LogP contribution in [0.5, 0.6) is 0 Å². The molecule has 548 valence electrons. The third kappa shape index (κ3) is 23.9. The van der Waals surface area contributed by atoms with Gasteiger partial charge in [-0.05, 0) is 85.0 Å². The first-order valence-corrected chi connectivity index (χ1v) is 32.9. The topological polar surface area (TPSA) is 523 Å². The molecule has 0 radical (unpaired) electrons. The van der Waals surface area contributed by atoms with Crippen LogP contribution < -0.4 is 21.7 Å². The molecule has 4 saturated heterocycles. The number of carbonyl (C=O) groups is 7. The van der Waals surface area contributed by atoms with Gasteiger partial charge in [-0.25, -0.2) is 18.9 Å². The lowest BCUT2D eigenvalue weighted by Gasteiger charge is -2.50. The van der Waals surface area contributed by atoms with Crippen molar-refractivity contribution in [3.8, 4) is 0 Å². The highest BCUT2D eigenvalue weighted by atomic mass is 31.2. The van der Waals surface area contributed by atoms with Crippen LogP contribution in [0.2, 0.25) is 0 Å². The number of ether oxygens (including phenoxy) is 9. The van der Waals surface area contributed by atoms with E-state index in [0.717, 1.165) is 57.1 Å². The predicted molar refractivity (Wildman–Crippen MR) is 333 cm³/mol. The van der Waals surface area contributed by atoms with Gasteiger partial charge >= 0.3 is 25.9 Å². The van der Waals surface area contributed by atoms with Crippen LogP contribution in [-0.4, -0.2) is 246 Å². The number of nitrogens with two attached hydrogens (primary N) is 1. The predicted octanol–water partition coefficient (Wildman–Crippen LogP) is 0.357. The zero-order chi connectivity index (χ0) is 72.6. The highest BCUT2D eigenvalue weighted by Gasteiger charge is 2.59. The third-order valence-corrected chi connectivity index (χ3v) is 17.3. The number of aliphatic hydroxyl groups excluding tert-OH is 8. The van der Waals surface area contributed by atoms with Gasteiger partial charge in [0.1, 0.15) is 78.5 Å². The Morgan fingerprint density at radius 2 is 1.31 bits per heavy atom. The molecule has 4 heterocycles. The smallest absolute Gasteiger partial charge is 0.474 e. The summed E-state index contributed by atoms with van der Waals surface area (Å²) < 4.78 is 75.3. The molecule has 5 aliphatic rings. The molecular formula is C62H95N4O30P. The van der Waals surface area contributed by atoms with E-state index in [2.05, 4.69) is 75.4 Å². The highest BCUT2D eigenvalue weighted by molar-refractivity contribution is 7.47. The average Bonchev–Trinajstić information content (AvgIpc) is 1.23. The maximum absolute atomic E-state index is 13.8. The van der Waals surface area contributed by atoms with E-state index in [-0.39, 0.29) is 24.9 Å². The Hall–Kier alpha value is -5.96. The number of Topliss-reactive ketones (excluding diaryl/α,β-unsaturated/α-hetero) is 1. The van der Waals surface area contributed by atoms with Crippen molar-refractivity contribution >= 4 is 49.4 Å². The molecule has 0 saturated carbocycles. The van der Waals surface area contributed by atoms with Crippen LogP contribution in [0, 0.1) is 5.41 Å². The zero-order valence-electron chi connectivity index (χ0n) is 55.4. The quantitative estimate of drug-likeness (QED) is 0.0305. The largest absolute Gasteiger partial charge is 0.510 e. The van der Waals surface area contributed by atoms with Gasteiger partial charge in [0, 0.05) is 26.7 Å². The second-order valence-corrected chi connectivity index (χ2v) is 26.7. The summed E-state index contributed by atoms with van der Waals surface area (Å²) in [5.41, 5.74) is 9.25. The first-order valence-electron chi connectivity index (χ1n) is 31.4. The number of phosphoric acid groups is 1. The van der Waals surface area contributed by atoms with Crippen LogP contribution in [0.25, 0.3) is 0 Å². The van der Waals surface area contributed by atoms with Crippen LogP contribution in [0.3, 0.4) is 0 Å². The Morgan fingerprint density at radius 1 is 0.722 bits per heavy atom. The zero-order valence-corrected chi connectivity index (χ0v) is 56.3. The number of aliphatic carboxylic acids is 2. The van der Waals surface area contributed by atoms with Crippen LogP contribution in [0.1, 0.15) is 120 Å². The number of aliphatic hydroxyl groups is 8. The summed E-state index contributed by atoms with van der Waals surface area (Å²) in [5.74, 6) is -7.85.